The van der Waals surface area contributed by atoms with Gasteiger partial charge in [0.15, 0.2) is 6.33 Å². The molecule has 0 bridgehead atoms. The van der Waals surface area contributed by atoms with Crippen molar-refractivity contribution in [1.82, 2.24) is 9.55 Å². The van der Waals surface area contributed by atoms with Crippen molar-refractivity contribution >= 4 is 0 Å². The van der Waals surface area contributed by atoms with Gasteiger partial charge in [0.25, 0.3) is 0 Å². The highest BCUT2D eigenvalue weighted by atomic mass is 15.1. The molecule has 0 N–H and O–H groups in total. The molecule has 1 aromatic rings. The summed E-state index contributed by atoms with van der Waals surface area (Å²) in [6.45, 7) is 0. The van der Waals surface area contributed by atoms with Gasteiger partial charge in [-0.05, 0) is 19.3 Å². The van der Waals surface area contributed by atoms with Gasteiger partial charge in [0, 0.05) is 18.4 Å². The van der Waals surface area contributed by atoms with E-state index in [0.29, 0.717) is 6.04 Å². The summed E-state index contributed by atoms with van der Waals surface area (Å²) in [5.74, 6) is 0. The van der Waals surface area contributed by atoms with Crippen LogP contribution in [-0.2, 0) is 0 Å². The lowest BCUT2D eigenvalue weighted by Crippen LogP contribution is -2.15. The van der Waals surface area contributed by atoms with Crippen molar-refractivity contribution in [2.45, 2.75) is 25.3 Å². The third-order valence-electron chi connectivity index (χ3n) is 1.94. The summed E-state index contributed by atoms with van der Waals surface area (Å²) in [6.07, 6.45) is 10.7. The van der Waals surface area contributed by atoms with Crippen LogP contribution in [0.2, 0.25) is 0 Å². The Kier molecular flexibility index (Phi) is 1.04. The molecule has 1 aromatic heterocycles. The van der Waals surface area contributed by atoms with Gasteiger partial charge in [0.05, 0.1) is 0 Å². The first-order valence-corrected chi connectivity index (χ1v) is 3.37. The Hall–Kier alpha value is -0.790. The molecular formula is C7H9N2. The fourth-order valence-corrected chi connectivity index (χ4v) is 1.11. The quantitative estimate of drug-likeness (QED) is 0.549. The Labute approximate surface area is 54.5 Å². The van der Waals surface area contributed by atoms with E-state index in [1.807, 2.05) is 6.20 Å². The predicted octanol–water partition coefficient (Wildman–Crippen LogP) is 1.41. The molecule has 9 heavy (non-hydrogen) atoms. The van der Waals surface area contributed by atoms with E-state index in [9.17, 15) is 0 Å². The average Bonchev–Trinajstić information content (AvgIpc) is 2.11. The van der Waals surface area contributed by atoms with Gasteiger partial charge in [-0.1, -0.05) is 0 Å². The van der Waals surface area contributed by atoms with Gasteiger partial charge in [-0.15, -0.1) is 0 Å². The summed E-state index contributed by atoms with van der Waals surface area (Å²) in [7, 11) is 0. The number of aromatic nitrogens is 2. The molecular weight excluding hydrogens is 112 g/mol. The molecule has 2 nitrogen and oxygen atoms in total. The van der Waals surface area contributed by atoms with Crippen molar-refractivity contribution < 1.29 is 0 Å². The van der Waals surface area contributed by atoms with Crippen LogP contribution >= 0.6 is 0 Å². The number of rotatable bonds is 1. The summed E-state index contributed by atoms with van der Waals surface area (Å²) in [5, 5.41) is 0. The van der Waals surface area contributed by atoms with E-state index in [4.69, 9.17) is 0 Å². The van der Waals surface area contributed by atoms with Crippen LogP contribution in [0.5, 0.6) is 0 Å². The normalized spacial score (nSPS) is 19.6. The molecule has 2 rings (SSSR count). The fourth-order valence-electron chi connectivity index (χ4n) is 1.11. The van der Waals surface area contributed by atoms with Crippen LogP contribution < -0.4 is 0 Å². The summed E-state index contributed by atoms with van der Waals surface area (Å²) >= 11 is 0. The topological polar surface area (TPSA) is 17.8 Å². The smallest absolute Gasteiger partial charge is 0.176 e. The Morgan fingerprint density at radius 3 is 2.89 bits per heavy atom. The second-order valence-electron chi connectivity index (χ2n) is 2.52. The van der Waals surface area contributed by atoms with Crippen LogP contribution in [0.15, 0.2) is 12.4 Å². The molecule has 47 valence electrons. The molecule has 0 aliphatic heterocycles. The molecule has 0 spiro atoms. The second-order valence-corrected chi connectivity index (χ2v) is 2.52. The molecule has 0 saturated heterocycles. The third kappa shape index (κ3) is 0.745. The zero-order valence-electron chi connectivity index (χ0n) is 5.25. The molecule has 1 saturated carbocycles. The van der Waals surface area contributed by atoms with Crippen LogP contribution in [-0.4, -0.2) is 9.55 Å². The Morgan fingerprint density at radius 1 is 1.56 bits per heavy atom. The summed E-state index contributed by atoms with van der Waals surface area (Å²) in [5.41, 5.74) is 0. The maximum atomic E-state index is 3.86. The zero-order valence-corrected chi connectivity index (χ0v) is 5.25. The minimum atomic E-state index is 0.715. The van der Waals surface area contributed by atoms with Gasteiger partial charge in [-0.3, -0.25) is 0 Å². The number of nitrogens with zero attached hydrogens (tertiary/aromatic N) is 2. The minimum absolute atomic E-state index is 0.715. The van der Waals surface area contributed by atoms with Crippen molar-refractivity contribution in [3.8, 4) is 0 Å². The monoisotopic (exact) mass is 121 g/mol. The van der Waals surface area contributed by atoms with Crippen molar-refractivity contribution in [2.24, 2.45) is 0 Å². The van der Waals surface area contributed by atoms with Crippen LogP contribution in [0.4, 0.5) is 0 Å². The Balaban J connectivity index is 2.14. The lowest BCUT2D eigenvalue weighted by Gasteiger charge is -2.25. The fraction of sp³-hybridized carbons (Fsp3) is 0.571. The van der Waals surface area contributed by atoms with E-state index in [-0.39, 0.29) is 0 Å². The highest BCUT2D eigenvalue weighted by Gasteiger charge is 2.17. The van der Waals surface area contributed by atoms with E-state index in [0.717, 1.165) is 0 Å². The van der Waals surface area contributed by atoms with Gasteiger partial charge in [0.1, 0.15) is 0 Å². The average molecular weight is 121 g/mol. The molecule has 1 aliphatic carbocycles. The van der Waals surface area contributed by atoms with Crippen LogP contribution in [0.3, 0.4) is 0 Å². The van der Waals surface area contributed by atoms with Crippen molar-refractivity contribution in [2.75, 3.05) is 0 Å². The van der Waals surface area contributed by atoms with E-state index in [1.165, 1.54) is 19.3 Å². The highest BCUT2D eigenvalue weighted by molar-refractivity contribution is 4.83. The molecule has 1 radical (unpaired) electrons. The van der Waals surface area contributed by atoms with E-state index in [2.05, 4.69) is 15.9 Å². The van der Waals surface area contributed by atoms with Crippen molar-refractivity contribution in [3.63, 3.8) is 0 Å². The standard InChI is InChI=1S/C7H9N2/c1-2-7(3-1)9-5-4-8-6-9/h4-5,7H,1-3H2. The lowest BCUT2D eigenvalue weighted by atomic mass is 9.93. The SMILES string of the molecule is [c]1nccn1C1CCC1. The largest absolute Gasteiger partial charge is 0.325 e. The first kappa shape index (κ1) is 5.03. The van der Waals surface area contributed by atoms with Crippen LogP contribution in [0, 0.1) is 6.33 Å². The second kappa shape index (κ2) is 1.87. The van der Waals surface area contributed by atoms with Gasteiger partial charge >= 0.3 is 0 Å². The molecule has 1 aliphatic rings. The lowest BCUT2D eigenvalue weighted by molar-refractivity contribution is 0.312. The van der Waals surface area contributed by atoms with E-state index >= 15 is 0 Å². The maximum absolute atomic E-state index is 3.86. The summed E-state index contributed by atoms with van der Waals surface area (Å²) in [6, 6.07) is 0.715. The van der Waals surface area contributed by atoms with E-state index < -0.39 is 0 Å². The molecule has 0 unspecified atom stereocenters. The van der Waals surface area contributed by atoms with Gasteiger partial charge in [-0.25, -0.2) is 4.98 Å². The van der Waals surface area contributed by atoms with Crippen molar-refractivity contribution in [3.05, 3.63) is 18.7 Å². The van der Waals surface area contributed by atoms with Gasteiger partial charge in [0.2, 0.25) is 0 Å². The first-order valence-electron chi connectivity index (χ1n) is 3.37. The zero-order chi connectivity index (χ0) is 6.10. The Morgan fingerprint density at radius 2 is 2.44 bits per heavy atom. The van der Waals surface area contributed by atoms with E-state index in [1.54, 1.807) is 6.20 Å². The minimum Gasteiger partial charge on any atom is -0.325 e. The molecule has 1 fully saturated rings. The molecule has 0 aromatic carbocycles. The molecule has 2 heteroatoms. The number of hydrogen-bond donors (Lipinski definition) is 0. The first-order chi connectivity index (χ1) is 4.47. The molecule has 0 amide bonds. The highest BCUT2D eigenvalue weighted by Crippen LogP contribution is 2.30. The number of imidazole rings is 1. The summed E-state index contributed by atoms with van der Waals surface area (Å²) < 4.78 is 2.07. The molecule has 1 heterocycles. The van der Waals surface area contributed by atoms with Crippen molar-refractivity contribution in [1.29, 1.82) is 0 Å². The number of hydrogen-bond acceptors (Lipinski definition) is 1. The molecule has 0 atom stereocenters. The van der Waals surface area contributed by atoms with Gasteiger partial charge < -0.3 is 4.57 Å². The predicted molar refractivity (Wildman–Crippen MR) is 34.0 cm³/mol. The summed E-state index contributed by atoms with van der Waals surface area (Å²) in [4.78, 5) is 3.86. The maximum Gasteiger partial charge on any atom is 0.176 e. The Bertz CT molecular complexity index is 175. The van der Waals surface area contributed by atoms with Gasteiger partial charge in [-0.2, -0.15) is 0 Å². The third-order valence-corrected chi connectivity index (χ3v) is 1.94. The van der Waals surface area contributed by atoms with Crippen LogP contribution in [0.1, 0.15) is 25.3 Å². The van der Waals surface area contributed by atoms with Crippen LogP contribution in [0.25, 0.3) is 0 Å².